The molecule has 0 saturated heterocycles. The molecule has 3 N–H and O–H groups in total. The van der Waals surface area contributed by atoms with Gasteiger partial charge in [-0.1, -0.05) is 329 Å². The van der Waals surface area contributed by atoms with E-state index < -0.39 is 97.5 Å². The van der Waals surface area contributed by atoms with E-state index in [4.69, 9.17) is 37.0 Å². The highest BCUT2D eigenvalue weighted by atomic mass is 31.2. The molecule has 0 aliphatic rings. The maximum absolute atomic E-state index is 13.0. The highest BCUT2D eigenvalue weighted by Crippen LogP contribution is 2.45. The number of aliphatic hydroxyl groups is 1. The van der Waals surface area contributed by atoms with E-state index in [2.05, 4.69) is 27.7 Å². The molecule has 0 aliphatic heterocycles. The first kappa shape index (κ1) is 89.1. The van der Waals surface area contributed by atoms with Crippen molar-refractivity contribution in [3.63, 3.8) is 0 Å². The molecule has 2 unspecified atom stereocenters. The second kappa shape index (κ2) is 66.7. The average Bonchev–Trinajstić information content (AvgIpc) is 3.57. The van der Waals surface area contributed by atoms with Gasteiger partial charge in [0.05, 0.1) is 26.4 Å². The lowest BCUT2D eigenvalue weighted by molar-refractivity contribution is -0.161. The number of esters is 4. The van der Waals surface area contributed by atoms with Crippen LogP contribution in [0.2, 0.25) is 0 Å². The van der Waals surface area contributed by atoms with Gasteiger partial charge in [-0.25, -0.2) is 9.13 Å². The smallest absolute Gasteiger partial charge is 0.462 e. The van der Waals surface area contributed by atoms with Crippen LogP contribution in [0.3, 0.4) is 0 Å². The molecule has 0 saturated carbocycles. The van der Waals surface area contributed by atoms with Crippen molar-refractivity contribution < 1.29 is 80.2 Å². The molecule has 0 amide bonds. The normalized spacial score (nSPS) is 14.0. The Bertz CT molecular complexity index is 1740. The third-order valence-corrected chi connectivity index (χ3v) is 18.8. The third kappa shape index (κ3) is 66.5. The quantitative estimate of drug-likeness (QED) is 0.0222. The molecule has 91 heavy (non-hydrogen) atoms. The summed E-state index contributed by atoms with van der Waals surface area (Å²) in [6, 6.07) is 0. The van der Waals surface area contributed by atoms with Crippen LogP contribution in [0.15, 0.2) is 0 Å². The highest BCUT2D eigenvalue weighted by molar-refractivity contribution is 7.47. The lowest BCUT2D eigenvalue weighted by atomic mass is 10.0. The van der Waals surface area contributed by atoms with Gasteiger partial charge in [0.2, 0.25) is 0 Å². The molecular weight excluding hydrogens is 1200 g/mol. The number of unbranched alkanes of at least 4 members (excludes halogenated alkanes) is 47. The van der Waals surface area contributed by atoms with Gasteiger partial charge in [-0.3, -0.25) is 37.3 Å². The van der Waals surface area contributed by atoms with E-state index in [1.807, 2.05) is 0 Å². The molecule has 0 aromatic carbocycles. The number of carbonyl (C=O) groups excluding carboxylic acids is 4. The molecule has 5 atom stereocenters. The van der Waals surface area contributed by atoms with Crippen molar-refractivity contribution >= 4 is 39.5 Å². The first-order valence-electron chi connectivity index (χ1n) is 37.8. The first-order chi connectivity index (χ1) is 44.2. The summed E-state index contributed by atoms with van der Waals surface area (Å²) in [7, 11) is -9.89. The van der Waals surface area contributed by atoms with Crippen molar-refractivity contribution in [2.45, 2.75) is 399 Å². The number of phosphoric acid groups is 2. The topological polar surface area (TPSA) is 237 Å². The second-order valence-corrected chi connectivity index (χ2v) is 28.9. The number of hydrogen-bond acceptors (Lipinski definition) is 15. The fraction of sp³-hybridized carbons (Fsp3) is 0.944. The van der Waals surface area contributed by atoms with Gasteiger partial charge in [0, 0.05) is 25.7 Å². The standard InChI is InChI=1S/C72H140O17P2/c1-5-9-13-17-20-23-26-29-30-31-32-33-34-35-36-38-41-44-47-51-55-59-72(77)89-68(63-83-70(75)57-53-49-45-42-40-37-27-24-21-18-14-10-6-2)65-87-91(80,81)85-61-66(73)60-84-90(78,79)86-64-67(62-82-69(74)56-52-48-16-12-8-4)88-71(76)58-54-50-46-43-39-28-25-22-19-15-11-7-3/h66-68,73H,5-65H2,1-4H3,(H,78,79)(H,80,81)/t66-,67+,68+/m0/s1. The van der Waals surface area contributed by atoms with Gasteiger partial charge in [0.1, 0.15) is 19.3 Å². The molecule has 0 aromatic heterocycles. The fourth-order valence-electron chi connectivity index (χ4n) is 11.0. The van der Waals surface area contributed by atoms with Gasteiger partial charge in [0.25, 0.3) is 0 Å². The zero-order valence-electron chi connectivity index (χ0n) is 58.8. The van der Waals surface area contributed by atoms with Crippen LogP contribution in [-0.4, -0.2) is 96.7 Å². The first-order valence-corrected chi connectivity index (χ1v) is 40.8. The average molecular weight is 1340 g/mol. The molecule has 540 valence electrons. The summed E-state index contributed by atoms with van der Waals surface area (Å²) in [6.45, 7) is 4.87. The number of hydrogen-bond donors (Lipinski definition) is 3. The molecule has 0 fully saturated rings. The third-order valence-electron chi connectivity index (χ3n) is 16.9. The number of aliphatic hydroxyl groups excluding tert-OH is 1. The van der Waals surface area contributed by atoms with Gasteiger partial charge < -0.3 is 33.8 Å². The molecular formula is C72H140O17P2. The van der Waals surface area contributed by atoms with Crippen LogP contribution in [0.5, 0.6) is 0 Å². The lowest BCUT2D eigenvalue weighted by Crippen LogP contribution is -2.30. The Kier molecular flexibility index (Phi) is 65.2. The molecule has 19 heteroatoms. The Morgan fingerprint density at radius 2 is 0.440 bits per heavy atom. The van der Waals surface area contributed by atoms with Crippen LogP contribution in [0.25, 0.3) is 0 Å². The zero-order chi connectivity index (χ0) is 66.8. The summed E-state index contributed by atoms with van der Waals surface area (Å²) in [4.78, 5) is 72.3. The van der Waals surface area contributed by atoms with E-state index in [1.54, 1.807) is 0 Å². The fourth-order valence-corrected chi connectivity index (χ4v) is 12.6. The van der Waals surface area contributed by atoms with E-state index in [9.17, 15) is 43.2 Å². The maximum atomic E-state index is 13.0. The predicted molar refractivity (Wildman–Crippen MR) is 368 cm³/mol. The Hall–Kier alpha value is -1.94. The molecule has 0 aliphatic carbocycles. The van der Waals surface area contributed by atoms with Crippen molar-refractivity contribution in [1.82, 2.24) is 0 Å². The van der Waals surface area contributed by atoms with Gasteiger partial charge in [-0.05, 0) is 25.7 Å². The van der Waals surface area contributed by atoms with E-state index >= 15 is 0 Å². The monoisotopic (exact) mass is 1340 g/mol. The van der Waals surface area contributed by atoms with E-state index in [0.29, 0.717) is 25.7 Å². The molecule has 0 heterocycles. The lowest BCUT2D eigenvalue weighted by Gasteiger charge is -2.21. The minimum atomic E-state index is -4.95. The number of phosphoric ester groups is 2. The van der Waals surface area contributed by atoms with Crippen LogP contribution in [-0.2, 0) is 65.4 Å². The summed E-state index contributed by atoms with van der Waals surface area (Å²) < 4.78 is 68.1. The minimum Gasteiger partial charge on any atom is -0.462 e. The Morgan fingerprint density at radius 3 is 0.648 bits per heavy atom. The molecule has 0 rings (SSSR count). The maximum Gasteiger partial charge on any atom is 0.472 e. The van der Waals surface area contributed by atoms with E-state index in [1.165, 1.54) is 205 Å². The van der Waals surface area contributed by atoms with Gasteiger partial charge in [-0.2, -0.15) is 0 Å². The van der Waals surface area contributed by atoms with Gasteiger partial charge in [0.15, 0.2) is 12.2 Å². The van der Waals surface area contributed by atoms with E-state index in [-0.39, 0.29) is 25.7 Å². The van der Waals surface area contributed by atoms with Crippen molar-refractivity contribution in [3.05, 3.63) is 0 Å². The van der Waals surface area contributed by atoms with Gasteiger partial charge >= 0.3 is 39.5 Å². The Morgan fingerprint density at radius 1 is 0.264 bits per heavy atom. The van der Waals surface area contributed by atoms with Crippen LogP contribution >= 0.6 is 15.6 Å². The zero-order valence-corrected chi connectivity index (χ0v) is 60.6. The largest absolute Gasteiger partial charge is 0.472 e. The second-order valence-electron chi connectivity index (χ2n) is 26.0. The summed E-state index contributed by atoms with van der Waals surface area (Å²) in [6.07, 6.45) is 55.9. The molecule has 0 radical (unpaired) electrons. The van der Waals surface area contributed by atoms with Gasteiger partial charge in [-0.15, -0.1) is 0 Å². The van der Waals surface area contributed by atoms with Crippen LogP contribution in [0.4, 0.5) is 0 Å². The summed E-state index contributed by atoms with van der Waals surface area (Å²) in [5.74, 6) is -2.13. The molecule has 17 nitrogen and oxygen atoms in total. The summed E-state index contributed by atoms with van der Waals surface area (Å²) >= 11 is 0. The summed E-state index contributed by atoms with van der Waals surface area (Å²) in [5.41, 5.74) is 0. The van der Waals surface area contributed by atoms with Crippen molar-refractivity contribution in [1.29, 1.82) is 0 Å². The van der Waals surface area contributed by atoms with Crippen LogP contribution < -0.4 is 0 Å². The van der Waals surface area contributed by atoms with E-state index in [0.717, 1.165) is 96.3 Å². The highest BCUT2D eigenvalue weighted by Gasteiger charge is 2.30. The molecule has 0 bridgehead atoms. The molecule has 0 spiro atoms. The SMILES string of the molecule is CCCCCCCCCCCCCCCCCCCCCCCC(=O)O[C@H](COC(=O)CCCCCCCCCCCCCCC)COP(=O)(O)OC[C@@H](O)COP(=O)(O)OC[C@@H](COC(=O)CCCCCCC)OC(=O)CCCCCCCCCCCCCC. The number of rotatable bonds is 73. The number of ether oxygens (including phenoxy) is 4. The predicted octanol–water partition coefficient (Wildman–Crippen LogP) is 21.1. The van der Waals surface area contributed by atoms with Crippen LogP contribution in [0, 0.1) is 0 Å². The van der Waals surface area contributed by atoms with Crippen molar-refractivity contribution in [2.24, 2.45) is 0 Å². The van der Waals surface area contributed by atoms with Crippen molar-refractivity contribution in [2.75, 3.05) is 39.6 Å². The Labute approximate surface area is 556 Å². The van der Waals surface area contributed by atoms with Crippen LogP contribution in [0.1, 0.15) is 381 Å². The van der Waals surface area contributed by atoms with Crippen molar-refractivity contribution in [3.8, 4) is 0 Å². The summed E-state index contributed by atoms with van der Waals surface area (Å²) in [5, 5.41) is 10.6. The minimum absolute atomic E-state index is 0.107. The Balaban J connectivity index is 5.10. The molecule has 0 aromatic rings. The number of carbonyl (C=O) groups is 4.